The van der Waals surface area contributed by atoms with Crippen molar-refractivity contribution in [2.45, 2.75) is 44.6 Å². The van der Waals surface area contributed by atoms with Crippen LogP contribution in [0.2, 0.25) is 0 Å². The fourth-order valence-electron chi connectivity index (χ4n) is 4.09. The standard InChI is InChI=1S/C23H32N6O3/c1-32-19-8-6-7-18(15-19)10-11-25-23(26-17-24)27-20-9-2-3-14-29(22(20)31)16-21(30)28-12-4-5-13-28/h6-8,15,20H,2-5,9-14,16H2,1H3,(H2,25,26,27). The normalized spacial score (nSPS) is 19.3. The van der Waals surface area contributed by atoms with Gasteiger partial charge in [0.1, 0.15) is 11.8 Å². The van der Waals surface area contributed by atoms with E-state index in [-0.39, 0.29) is 24.3 Å². The number of benzene rings is 1. The lowest BCUT2D eigenvalue weighted by molar-refractivity contribution is -0.140. The van der Waals surface area contributed by atoms with E-state index in [0.29, 0.717) is 25.9 Å². The number of carbonyl (C=O) groups is 2. The number of likely N-dealkylation sites (tertiary alicyclic amines) is 2. The zero-order valence-electron chi connectivity index (χ0n) is 18.7. The third-order valence-electron chi connectivity index (χ3n) is 5.86. The predicted octanol–water partition coefficient (Wildman–Crippen LogP) is 1.26. The lowest BCUT2D eigenvalue weighted by Crippen LogP contribution is -2.52. The van der Waals surface area contributed by atoms with Gasteiger partial charge < -0.3 is 19.9 Å². The quantitative estimate of drug-likeness (QED) is 0.286. The first-order chi connectivity index (χ1) is 15.6. The van der Waals surface area contributed by atoms with Crippen LogP contribution in [0.5, 0.6) is 5.75 Å². The van der Waals surface area contributed by atoms with Crippen molar-refractivity contribution in [3.05, 3.63) is 29.8 Å². The lowest BCUT2D eigenvalue weighted by Gasteiger charge is -2.27. The molecule has 2 saturated heterocycles. The number of amides is 2. The van der Waals surface area contributed by atoms with Crippen LogP contribution in [-0.2, 0) is 16.0 Å². The maximum atomic E-state index is 13.1. The summed E-state index contributed by atoms with van der Waals surface area (Å²) in [6.07, 6.45) is 6.96. The van der Waals surface area contributed by atoms with E-state index in [0.717, 1.165) is 50.1 Å². The molecular formula is C23H32N6O3. The first-order valence-corrected chi connectivity index (χ1v) is 11.3. The summed E-state index contributed by atoms with van der Waals surface area (Å²) < 4.78 is 5.24. The topological polar surface area (TPSA) is 110 Å². The number of methoxy groups -OCH3 is 1. The second-order valence-electron chi connectivity index (χ2n) is 8.11. The van der Waals surface area contributed by atoms with Gasteiger partial charge in [0.25, 0.3) is 0 Å². The summed E-state index contributed by atoms with van der Waals surface area (Å²) >= 11 is 0. The van der Waals surface area contributed by atoms with Crippen LogP contribution in [0.1, 0.15) is 37.7 Å². The predicted molar refractivity (Wildman–Crippen MR) is 121 cm³/mol. The molecule has 0 radical (unpaired) electrons. The SMILES string of the molecule is COc1cccc(CCN=C(NC#N)NC2CCCCN(CC(=O)N3CCCC3)C2=O)c1. The molecular weight excluding hydrogens is 408 g/mol. The fourth-order valence-corrected chi connectivity index (χ4v) is 4.09. The molecule has 0 spiro atoms. The molecule has 9 nitrogen and oxygen atoms in total. The highest BCUT2D eigenvalue weighted by Gasteiger charge is 2.30. The van der Waals surface area contributed by atoms with Gasteiger partial charge >= 0.3 is 0 Å². The molecule has 2 aliphatic rings. The Balaban J connectivity index is 1.60. The number of nitrogens with one attached hydrogen (secondary N) is 2. The molecule has 0 bridgehead atoms. The smallest absolute Gasteiger partial charge is 0.245 e. The number of nitrogens with zero attached hydrogens (tertiary/aromatic N) is 4. The molecule has 2 fully saturated rings. The van der Waals surface area contributed by atoms with Crippen LogP contribution in [0.25, 0.3) is 0 Å². The van der Waals surface area contributed by atoms with E-state index in [9.17, 15) is 9.59 Å². The minimum absolute atomic E-state index is 0.0128. The summed E-state index contributed by atoms with van der Waals surface area (Å²) in [5.41, 5.74) is 1.07. The van der Waals surface area contributed by atoms with Crippen molar-refractivity contribution in [1.82, 2.24) is 20.4 Å². The average molecular weight is 441 g/mol. The second kappa shape index (κ2) is 11.9. The minimum Gasteiger partial charge on any atom is -0.497 e. The van der Waals surface area contributed by atoms with Crippen molar-refractivity contribution >= 4 is 17.8 Å². The van der Waals surface area contributed by atoms with Crippen LogP contribution in [0.15, 0.2) is 29.3 Å². The van der Waals surface area contributed by atoms with Crippen LogP contribution in [0.3, 0.4) is 0 Å². The Bertz CT molecular complexity index is 860. The van der Waals surface area contributed by atoms with Crippen LogP contribution in [0, 0.1) is 11.5 Å². The third kappa shape index (κ3) is 6.61. The molecule has 1 aromatic rings. The zero-order chi connectivity index (χ0) is 22.8. The Labute approximate surface area is 189 Å². The Kier molecular flexibility index (Phi) is 8.72. The van der Waals surface area contributed by atoms with Gasteiger partial charge in [0.2, 0.25) is 17.8 Å². The van der Waals surface area contributed by atoms with E-state index < -0.39 is 6.04 Å². The molecule has 0 aliphatic carbocycles. The van der Waals surface area contributed by atoms with Gasteiger partial charge in [0.05, 0.1) is 13.7 Å². The van der Waals surface area contributed by atoms with Gasteiger partial charge in [-0.1, -0.05) is 12.1 Å². The Morgan fingerprint density at radius 2 is 2.03 bits per heavy atom. The summed E-state index contributed by atoms with van der Waals surface area (Å²) in [4.78, 5) is 33.6. The maximum Gasteiger partial charge on any atom is 0.245 e. The van der Waals surface area contributed by atoms with Gasteiger partial charge in [-0.25, -0.2) is 0 Å². The molecule has 2 aliphatic heterocycles. The molecule has 1 aromatic carbocycles. The van der Waals surface area contributed by atoms with Crippen molar-refractivity contribution in [2.75, 3.05) is 39.8 Å². The van der Waals surface area contributed by atoms with Crippen molar-refractivity contribution in [2.24, 2.45) is 4.99 Å². The van der Waals surface area contributed by atoms with Crippen LogP contribution >= 0.6 is 0 Å². The number of hydrogen-bond donors (Lipinski definition) is 2. The molecule has 2 amide bonds. The average Bonchev–Trinajstić information content (AvgIpc) is 3.29. The zero-order valence-corrected chi connectivity index (χ0v) is 18.7. The molecule has 2 heterocycles. The van der Waals surface area contributed by atoms with Crippen LogP contribution < -0.4 is 15.4 Å². The Morgan fingerprint density at radius 1 is 1.25 bits per heavy atom. The number of nitriles is 1. The number of carbonyl (C=O) groups excluding carboxylic acids is 2. The highest BCUT2D eigenvalue weighted by molar-refractivity contribution is 5.92. The molecule has 9 heteroatoms. The van der Waals surface area contributed by atoms with E-state index in [1.54, 1.807) is 12.0 Å². The van der Waals surface area contributed by atoms with E-state index in [1.165, 1.54) is 0 Å². The van der Waals surface area contributed by atoms with Crippen molar-refractivity contribution < 1.29 is 14.3 Å². The van der Waals surface area contributed by atoms with Gasteiger partial charge in [-0.05, 0) is 56.2 Å². The first kappa shape index (κ1) is 23.4. The molecule has 1 unspecified atom stereocenters. The molecule has 3 rings (SSSR count). The largest absolute Gasteiger partial charge is 0.497 e. The third-order valence-corrected chi connectivity index (χ3v) is 5.86. The molecule has 32 heavy (non-hydrogen) atoms. The molecule has 0 aromatic heterocycles. The highest BCUT2D eigenvalue weighted by atomic mass is 16.5. The van der Waals surface area contributed by atoms with E-state index >= 15 is 0 Å². The van der Waals surface area contributed by atoms with E-state index in [4.69, 9.17) is 10.00 Å². The van der Waals surface area contributed by atoms with Crippen LogP contribution in [-0.4, -0.2) is 73.4 Å². The number of ether oxygens (including phenoxy) is 1. The van der Waals surface area contributed by atoms with Gasteiger partial charge in [0, 0.05) is 26.2 Å². The Morgan fingerprint density at radius 3 is 2.78 bits per heavy atom. The summed E-state index contributed by atoms with van der Waals surface area (Å²) in [5, 5.41) is 14.8. The van der Waals surface area contributed by atoms with Crippen molar-refractivity contribution in [3.8, 4) is 11.9 Å². The number of guanidine groups is 1. The van der Waals surface area contributed by atoms with Gasteiger partial charge in [-0.3, -0.25) is 19.9 Å². The number of aliphatic imine (C=N–C) groups is 1. The molecule has 1 atom stereocenters. The molecule has 172 valence electrons. The monoisotopic (exact) mass is 440 g/mol. The van der Waals surface area contributed by atoms with Gasteiger partial charge in [-0.15, -0.1) is 0 Å². The maximum absolute atomic E-state index is 13.1. The van der Waals surface area contributed by atoms with Crippen LogP contribution in [0.4, 0.5) is 0 Å². The van der Waals surface area contributed by atoms with E-state index in [1.807, 2.05) is 35.4 Å². The highest BCUT2D eigenvalue weighted by Crippen LogP contribution is 2.15. The van der Waals surface area contributed by atoms with Gasteiger partial charge in [0.15, 0.2) is 6.19 Å². The summed E-state index contributed by atoms with van der Waals surface area (Å²) in [6.45, 7) is 2.69. The van der Waals surface area contributed by atoms with E-state index in [2.05, 4.69) is 15.6 Å². The number of hydrogen-bond acceptors (Lipinski definition) is 5. The second-order valence-corrected chi connectivity index (χ2v) is 8.11. The lowest BCUT2D eigenvalue weighted by atomic mass is 10.1. The number of rotatable bonds is 7. The fraction of sp³-hybridized carbons (Fsp3) is 0.565. The molecule has 2 N–H and O–H groups in total. The first-order valence-electron chi connectivity index (χ1n) is 11.3. The Hall–Kier alpha value is -3.28. The minimum atomic E-state index is -0.514. The summed E-state index contributed by atoms with van der Waals surface area (Å²) in [5.74, 6) is 0.961. The van der Waals surface area contributed by atoms with Crippen molar-refractivity contribution in [3.63, 3.8) is 0 Å². The summed E-state index contributed by atoms with van der Waals surface area (Å²) in [7, 11) is 1.63. The van der Waals surface area contributed by atoms with Gasteiger partial charge in [-0.2, -0.15) is 5.26 Å². The van der Waals surface area contributed by atoms with Crippen molar-refractivity contribution in [1.29, 1.82) is 5.26 Å². The summed E-state index contributed by atoms with van der Waals surface area (Å²) in [6, 6.07) is 7.24. The molecule has 0 saturated carbocycles.